The maximum absolute atomic E-state index is 5.87. The quantitative estimate of drug-likeness (QED) is 0.777. The number of hydrogen-bond donors (Lipinski definition) is 1. The SMILES string of the molecule is COc1ccc(Cn2cnc3c(N)ccnc32)cc1. The Morgan fingerprint density at radius 3 is 2.68 bits per heavy atom. The fourth-order valence-electron chi connectivity index (χ4n) is 2.03. The Bertz CT molecular complexity index is 703. The summed E-state index contributed by atoms with van der Waals surface area (Å²) in [5.41, 5.74) is 9.22. The molecule has 3 aromatic rings. The van der Waals surface area contributed by atoms with Gasteiger partial charge in [-0.2, -0.15) is 0 Å². The summed E-state index contributed by atoms with van der Waals surface area (Å²) in [6.45, 7) is 0.705. The number of anilines is 1. The Labute approximate surface area is 110 Å². The summed E-state index contributed by atoms with van der Waals surface area (Å²) in [4.78, 5) is 8.63. The fourth-order valence-corrected chi connectivity index (χ4v) is 2.03. The van der Waals surface area contributed by atoms with Gasteiger partial charge in [0.2, 0.25) is 0 Å². The van der Waals surface area contributed by atoms with Gasteiger partial charge in [-0.15, -0.1) is 0 Å². The number of nitrogens with zero attached hydrogens (tertiary/aromatic N) is 3. The van der Waals surface area contributed by atoms with Crippen molar-refractivity contribution >= 4 is 16.9 Å². The van der Waals surface area contributed by atoms with Crippen LogP contribution < -0.4 is 10.5 Å². The van der Waals surface area contributed by atoms with Gasteiger partial charge in [0.25, 0.3) is 0 Å². The minimum Gasteiger partial charge on any atom is -0.497 e. The fraction of sp³-hybridized carbons (Fsp3) is 0.143. The van der Waals surface area contributed by atoms with E-state index in [9.17, 15) is 0 Å². The Balaban J connectivity index is 1.94. The van der Waals surface area contributed by atoms with Crippen LogP contribution in [0.25, 0.3) is 11.2 Å². The molecule has 96 valence electrons. The first kappa shape index (κ1) is 11.5. The maximum Gasteiger partial charge on any atom is 0.162 e. The van der Waals surface area contributed by atoms with Crippen LogP contribution in [-0.4, -0.2) is 21.6 Å². The first-order chi connectivity index (χ1) is 9.28. The van der Waals surface area contributed by atoms with Crippen molar-refractivity contribution in [2.24, 2.45) is 0 Å². The number of nitrogen functional groups attached to an aromatic ring is 1. The molecule has 2 aromatic heterocycles. The predicted octanol–water partition coefficient (Wildman–Crippen LogP) is 2.07. The van der Waals surface area contributed by atoms with Gasteiger partial charge >= 0.3 is 0 Å². The van der Waals surface area contributed by atoms with Crippen molar-refractivity contribution in [3.63, 3.8) is 0 Å². The van der Waals surface area contributed by atoms with E-state index in [0.29, 0.717) is 12.2 Å². The van der Waals surface area contributed by atoms with Gasteiger partial charge in [-0.05, 0) is 23.8 Å². The van der Waals surface area contributed by atoms with Gasteiger partial charge in [-0.1, -0.05) is 12.1 Å². The third kappa shape index (κ3) is 2.10. The number of methoxy groups -OCH3 is 1. The Morgan fingerprint density at radius 2 is 1.95 bits per heavy atom. The largest absolute Gasteiger partial charge is 0.497 e. The lowest BCUT2D eigenvalue weighted by atomic mass is 10.2. The molecule has 0 aliphatic rings. The topological polar surface area (TPSA) is 66.0 Å². The molecule has 0 amide bonds. The van der Waals surface area contributed by atoms with Crippen LogP contribution in [0.3, 0.4) is 0 Å². The predicted molar refractivity (Wildman–Crippen MR) is 74.0 cm³/mol. The zero-order chi connectivity index (χ0) is 13.2. The van der Waals surface area contributed by atoms with Crippen molar-refractivity contribution in [1.82, 2.24) is 14.5 Å². The van der Waals surface area contributed by atoms with Gasteiger partial charge in [0.05, 0.1) is 25.7 Å². The van der Waals surface area contributed by atoms with Gasteiger partial charge < -0.3 is 15.0 Å². The van der Waals surface area contributed by atoms with E-state index in [4.69, 9.17) is 10.5 Å². The van der Waals surface area contributed by atoms with Crippen LogP contribution in [0.2, 0.25) is 0 Å². The number of benzene rings is 1. The second-order valence-electron chi connectivity index (χ2n) is 4.29. The summed E-state index contributed by atoms with van der Waals surface area (Å²) >= 11 is 0. The van der Waals surface area contributed by atoms with Crippen LogP contribution in [0.15, 0.2) is 42.9 Å². The second kappa shape index (κ2) is 4.61. The molecular weight excluding hydrogens is 240 g/mol. The number of nitrogens with two attached hydrogens (primary N) is 1. The summed E-state index contributed by atoms with van der Waals surface area (Å²) in [6.07, 6.45) is 3.46. The van der Waals surface area contributed by atoms with Crippen LogP contribution in [0.1, 0.15) is 5.56 Å². The first-order valence-corrected chi connectivity index (χ1v) is 5.96. The van der Waals surface area contributed by atoms with Gasteiger partial charge in [0.1, 0.15) is 11.3 Å². The molecule has 0 fully saturated rings. The molecule has 2 heterocycles. The highest BCUT2D eigenvalue weighted by Gasteiger charge is 2.06. The van der Waals surface area contributed by atoms with E-state index in [-0.39, 0.29) is 0 Å². The minimum atomic E-state index is 0.651. The van der Waals surface area contributed by atoms with Crippen LogP contribution in [0, 0.1) is 0 Å². The number of hydrogen-bond acceptors (Lipinski definition) is 4. The minimum absolute atomic E-state index is 0.651. The van der Waals surface area contributed by atoms with Crippen LogP contribution in [0.5, 0.6) is 5.75 Å². The zero-order valence-electron chi connectivity index (χ0n) is 10.6. The molecule has 5 nitrogen and oxygen atoms in total. The molecule has 0 saturated carbocycles. The van der Waals surface area contributed by atoms with E-state index in [1.54, 1.807) is 25.7 Å². The Hall–Kier alpha value is -2.56. The number of rotatable bonds is 3. The molecule has 3 rings (SSSR count). The highest BCUT2D eigenvalue weighted by Crippen LogP contribution is 2.18. The summed E-state index contributed by atoms with van der Waals surface area (Å²) in [7, 11) is 1.66. The lowest BCUT2D eigenvalue weighted by molar-refractivity contribution is 0.414. The molecule has 0 aliphatic heterocycles. The number of fused-ring (bicyclic) bond motifs is 1. The third-order valence-electron chi connectivity index (χ3n) is 3.05. The van der Waals surface area contributed by atoms with Crippen molar-refractivity contribution in [3.05, 3.63) is 48.4 Å². The molecule has 0 saturated heterocycles. The van der Waals surface area contributed by atoms with Crippen molar-refractivity contribution < 1.29 is 4.74 Å². The average molecular weight is 254 g/mol. The van der Waals surface area contributed by atoms with Gasteiger partial charge in [-0.25, -0.2) is 9.97 Å². The summed E-state index contributed by atoms with van der Waals surface area (Å²) in [6, 6.07) is 9.69. The van der Waals surface area contributed by atoms with Gasteiger partial charge in [0, 0.05) is 6.20 Å². The van der Waals surface area contributed by atoms with Gasteiger partial charge in [0.15, 0.2) is 5.65 Å². The standard InChI is InChI=1S/C14H14N4O/c1-19-11-4-2-10(3-5-11)8-18-9-17-13-12(15)6-7-16-14(13)18/h2-7,9H,8H2,1H3,(H2,15,16). The van der Waals surface area contributed by atoms with E-state index in [1.807, 2.05) is 28.8 Å². The van der Waals surface area contributed by atoms with Crippen molar-refractivity contribution in [1.29, 1.82) is 0 Å². The van der Waals surface area contributed by atoms with Crippen molar-refractivity contribution in [2.45, 2.75) is 6.54 Å². The molecule has 1 aromatic carbocycles. The van der Waals surface area contributed by atoms with E-state index in [0.717, 1.165) is 22.5 Å². The zero-order valence-corrected chi connectivity index (χ0v) is 10.6. The van der Waals surface area contributed by atoms with E-state index < -0.39 is 0 Å². The molecule has 0 bridgehead atoms. The number of aromatic nitrogens is 3. The maximum atomic E-state index is 5.87. The molecule has 5 heteroatoms. The van der Waals surface area contributed by atoms with E-state index >= 15 is 0 Å². The van der Waals surface area contributed by atoms with E-state index in [2.05, 4.69) is 9.97 Å². The second-order valence-corrected chi connectivity index (χ2v) is 4.29. The molecule has 0 spiro atoms. The molecule has 2 N–H and O–H groups in total. The molecular formula is C14H14N4O. The highest BCUT2D eigenvalue weighted by molar-refractivity contribution is 5.83. The van der Waals surface area contributed by atoms with Gasteiger partial charge in [-0.3, -0.25) is 0 Å². The molecule has 0 atom stereocenters. The monoisotopic (exact) mass is 254 g/mol. The Kier molecular flexibility index (Phi) is 2.79. The summed E-state index contributed by atoms with van der Waals surface area (Å²) in [5, 5.41) is 0. The molecule has 0 unspecified atom stereocenters. The van der Waals surface area contributed by atoms with Crippen molar-refractivity contribution in [2.75, 3.05) is 12.8 Å². The number of pyridine rings is 1. The summed E-state index contributed by atoms with van der Waals surface area (Å²) < 4.78 is 7.12. The van der Waals surface area contributed by atoms with E-state index in [1.165, 1.54) is 0 Å². The molecule has 0 aliphatic carbocycles. The Morgan fingerprint density at radius 1 is 1.16 bits per heavy atom. The van der Waals surface area contributed by atoms with Crippen LogP contribution >= 0.6 is 0 Å². The first-order valence-electron chi connectivity index (χ1n) is 5.96. The normalized spacial score (nSPS) is 10.8. The van der Waals surface area contributed by atoms with Crippen LogP contribution in [0.4, 0.5) is 5.69 Å². The molecule has 19 heavy (non-hydrogen) atoms. The number of imidazole rings is 1. The van der Waals surface area contributed by atoms with Crippen molar-refractivity contribution in [3.8, 4) is 5.75 Å². The lowest BCUT2D eigenvalue weighted by Crippen LogP contribution is -1.99. The highest BCUT2D eigenvalue weighted by atomic mass is 16.5. The summed E-state index contributed by atoms with van der Waals surface area (Å²) in [5.74, 6) is 0.849. The molecule has 0 radical (unpaired) electrons. The smallest absolute Gasteiger partial charge is 0.162 e. The van der Waals surface area contributed by atoms with Crippen LogP contribution in [-0.2, 0) is 6.54 Å². The average Bonchev–Trinajstić information content (AvgIpc) is 2.84. The lowest BCUT2D eigenvalue weighted by Gasteiger charge is -2.05. The third-order valence-corrected chi connectivity index (χ3v) is 3.05. The number of ether oxygens (including phenoxy) is 1.